The summed E-state index contributed by atoms with van der Waals surface area (Å²) in [6, 6.07) is 2.55. The van der Waals surface area contributed by atoms with Crippen LogP contribution < -0.4 is 15.8 Å². The van der Waals surface area contributed by atoms with Gasteiger partial charge in [0, 0.05) is 13.1 Å². The standard InChI is InChI=1S/C12H12F3N3O4S/c1-23(21,22)16-4-5-18-9-3-2-7(12(13,14)15)6-8(9)17-10(19)11(18)20/h2-3,6,16H,4-5H2,1H3,(H,17,19). The van der Waals surface area contributed by atoms with Crippen molar-refractivity contribution in [2.45, 2.75) is 12.7 Å². The lowest BCUT2D eigenvalue weighted by Crippen LogP contribution is -2.39. The van der Waals surface area contributed by atoms with Crippen LogP contribution in [0.25, 0.3) is 11.0 Å². The lowest BCUT2D eigenvalue weighted by Gasteiger charge is -2.12. The third-order valence-corrected chi connectivity index (χ3v) is 3.73. The van der Waals surface area contributed by atoms with Gasteiger partial charge in [-0.05, 0) is 18.2 Å². The Kier molecular flexibility index (Phi) is 4.35. The van der Waals surface area contributed by atoms with Crippen LogP contribution in [0.15, 0.2) is 27.8 Å². The molecule has 2 aromatic rings. The first-order valence-electron chi connectivity index (χ1n) is 6.28. The third kappa shape index (κ3) is 3.99. The second-order valence-electron chi connectivity index (χ2n) is 4.81. The van der Waals surface area contributed by atoms with E-state index >= 15 is 0 Å². The number of H-pyrrole nitrogens is 1. The van der Waals surface area contributed by atoms with Gasteiger partial charge in [0.05, 0.1) is 22.9 Å². The molecule has 1 heterocycles. The number of halogens is 3. The number of alkyl halides is 3. The van der Waals surface area contributed by atoms with Gasteiger partial charge in [-0.2, -0.15) is 13.2 Å². The zero-order chi connectivity index (χ0) is 17.4. The maximum atomic E-state index is 12.7. The van der Waals surface area contributed by atoms with Crippen LogP contribution in [0.2, 0.25) is 0 Å². The molecule has 0 amide bonds. The van der Waals surface area contributed by atoms with E-state index in [0.29, 0.717) is 0 Å². The van der Waals surface area contributed by atoms with Gasteiger partial charge in [-0.15, -0.1) is 0 Å². The number of nitrogens with one attached hydrogen (secondary N) is 2. The van der Waals surface area contributed by atoms with Crippen molar-refractivity contribution in [3.8, 4) is 0 Å². The molecule has 0 unspecified atom stereocenters. The van der Waals surface area contributed by atoms with Crippen molar-refractivity contribution in [1.29, 1.82) is 0 Å². The smallest absolute Gasteiger partial charge is 0.316 e. The molecule has 1 aromatic heterocycles. The van der Waals surface area contributed by atoms with E-state index in [4.69, 9.17) is 0 Å². The van der Waals surface area contributed by atoms with Gasteiger partial charge in [-0.3, -0.25) is 9.59 Å². The zero-order valence-corrected chi connectivity index (χ0v) is 12.6. The maximum absolute atomic E-state index is 12.7. The molecule has 11 heteroatoms. The molecule has 0 bridgehead atoms. The first-order valence-corrected chi connectivity index (χ1v) is 8.17. The number of fused-ring (bicyclic) bond motifs is 1. The number of aromatic amines is 1. The summed E-state index contributed by atoms with van der Waals surface area (Å²) in [5, 5.41) is 0. The van der Waals surface area contributed by atoms with Crippen LogP contribution in [-0.2, 0) is 22.7 Å². The monoisotopic (exact) mass is 351 g/mol. The highest BCUT2D eigenvalue weighted by Crippen LogP contribution is 2.30. The molecule has 0 atom stereocenters. The predicted octanol–water partition coefficient (Wildman–Crippen LogP) is 0.258. The summed E-state index contributed by atoms with van der Waals surface area (Å²) in [4.78, 5) is 25.5. The van der Waals surface area contributed by atoms with E-state index in [1.165, 1.54) is 0 Å². The lowest BCUT2D eigenvalue weighted by atomic mass is 10.2. The Morgan fingerprint density at radius 3 is 2.48 bits per heavy atom. The molecule has 0 saturated carbocycles. The van der Waals surface area contributed by atoms with Crippen LogP contribution in [0.3, 0.4) is 0 Å². The lowest BCUT2D eigenvalue weighted by molar-refractivity contribution is -0.137. The van der Waals surface area contributed by atoms with E-state index in [9.17, 15) is 31.2 Å². The van der Waals surface area contributed by atoms with Gasteiger partial charge in [0.2, 0.25) is 10.0 Å². The Labute approximate surface area is 127 Å². The van der Waals surface area contributed by atoms with Crippen molar-refractivity contribution in [3.63, 3.8) is 0 Å². The van der Waals surface area contributed by atoms with Crippen molar-refractivity contribution in [2.24, 2.45) is 0 Å². The summed E-state index contributed by atoms with van der Waals surface area (Å²) in [6.07, 6.45) is -3.68. The SMILES string of the molecule is CS(=O)(=O)NCCn1c(=O)c(=O)[nH]c2cc(C(F)(F)F)ccc21. The number of benzene rings is 1. The summed E-state index contributed by atoms with van der Waals surface area (Å²) in [5.41, 5.74) is -3.13. The van der Waals surface area contributed by atoms with Gasteiger partial charge in [0.25, 0.3) is 0 Å². The highest BCUT2D eigenvalue weighted by Gasteiger charge is 2.30. The minimum Gasteiger partial charge on any atom is -0.316 e. The molecule has 0 spiro atoms. The second-order valence-corrected chi connectivity index (χ2v) is 6.64. The van der Waals surface area contributed by atoms with E-state index in [1.54, 1.807) is 0 Å². The van der Waals surface area contributed by atoms with Crippen LogP contribution in [0.1, 0.15) is 5.56 Å². The van der Waals surface area contributed by atoms with Gasteiger partial charge in [0.1, 0.15) is 0 Å². The molecule has 23 heavy (non-hydrogen) atoms. The normalized spacial score (nSPS) is 12.7. The summed E-state index contributed by atoms with van der Waals surface area (Å²) in [7, 11) is -3.50. The van der Waals surface area contributed by atoms with Crippen LogP contribution in [-0.4, -0.2) is 30.8 Å². The van der Waals surface area contributed by atoms with E-state index in [-0.39, 0.29) is 24.1 Å². The predicted molar refractivity (Wildman–Crippen MR) is 76.7 cm³/mol. The highest BCUT2D eigenvalue weighted by molar-refractivity contribution is 7.88. The number of sulfonamides is 1. The van der Waals surface area contributed by atoms with E-state index in [1.807, 2.05) is 0 Å². The molecule has 126 valence electrons. The Bertz CT molecular complexity index is 960. The fraction of sp³-hybridized carbons (Fsp3) is 0.333. The number of aromatic nitrogens is 2. The largest absolute Gasteiger partial charge is 0.416 e. The van der Waals surface area contributed by atoms with Crippen molar-refractivity contribution >= 4 is 21.1 Å². The number of nitrogens with zero attached hydrogens (tertiary/aromatic N) is 1. The minimum absolute atomic E-state index is 0.0675. The zero-order valence-electron chi connectivity index (χ0n) is 11.8. The fourth-order valence-electron chi connectivity index (χ4n) is 2.02. The van der Waals surface area contributed by atoms with Crippen molar-refractivity contribution in [2.75, 3.05) is 12.8 Å². The molecule has 0 fully saturated rings. The van der Waals surface area contributed by atoms with Crippen LogP contribution >= 0.6 is 0 Å². The van der Waals surface area contributed by atoms with Gasteiger partial charge in [-0.1, -0.05) is 0 Å². The Hall–Kier alpha value is -2.14. The summed E-state index contributed by atoms with van der Waals surface area (Å²) in [6.45, 7) is -0.379. The van der Waals surface area contributed by atoms with Crippen LogP contribution in [0, 0.1) is 0 Å². The van der Waals surface area contributed by atoms with Crippen molar-refractivity contribution in [1.82, 2.24) is 14.3 Å². The first kappa shape index (κ1) is 17.2. The van der Waals surface area contributed by atoms with Gasteiger partial charge >= 0.3 is 17.3 Å². The third-order valence-electron chi connectivity index (χ3n) is 3.00. The molecular formula is C12H12F3N3O4S. The van der Waals surface area contributed by atoms with E-state index in [0.717, 1.165) is 29.0 Å². The molecule has 7 nitrogen and oxygen atoms in total. The number of hydrogen-bond donors (Lipinski definition) is 2. The first-order chi connectivity index (χ1) is 10.5. The number of rotatable bonds is 4. The van der Waals surface area contributed by atoms with Gasteiger partial charge < -0.3 is 9.55 Å². The summed E-state index contributed by atoms with van der Waals surface area (Å²) in [5.74, 6) is 0. The Morgan fingerprint density at radius 1 is 1.26 bits per heavy atom. The van der Waals surface area contributed by atoms with Crippen molar-refractivity contribution in [3.05, 3.63) is 44.5 Å². The second kappa shape index (κ2) is 5.81. The average Bonchev–Trinajstić information content (AvgIpc) is 2.40. The molecule has 0 radical (unpaired) electrons. The molecule has 2 rings (SSSR count). The molecule has 2 N–H and O–H groups in total. The summed E-state index contributed by atoms with van der Waals surface area (Å²) < 4.78 is 63.1. The average molecular weight is 351 g/mol. The van der Waals surface area contributed by atoms with E-state index in [2.05, 4.69) is 9.71 Å². The maximum Gasteiger partial charge on any atom is 0.416 e. The van der Waals surface area contributed by atoms with Gasteiger partial charge in [-0.25, -0.2) is 13.1 Å². The minimum atomic E-state index is -4.59. The molecule has 0 aliphatic heterocycles. The number of hydrogen-bond acceptors (Lipinski definition) is 4. The quantitative estimate of drug-likeness (QED) is 0.772. The highest BCUT2D eigenvalue weighted by atomic mass is 32.2. The fourth-order valence-corrected chi connectivity index (χ4v) is 2.48. The molecule has 1 aromatic carbocycles. The molecular weight excluding hydrogens is 339 g/mol. The van der Waals surface area contributed by atoms with Crippen LogP contribution in [0.4, 0.5) is 13.2 Å². The van der Waals surface area contributed by atoms with E-state index < -0.39 is 32.9 Å². The molecule has 0 saturated heterocycles. The van der Waals surface area contributed by atoms with Gasteiger partial charge in [0.15, 0.2) is 0 Å². The van der Waals surface area contributed by atoms with Crippen molar-refractivity contribution < 1.29 is 21.6 Å². The Balaban J connectivity index is 2.53. The topological polar surface area (TPSA) is 101 Å². The van der Waals surface area contributed by atoms with Crippen LogP contribution in [0.5, 0.6) is 0 Å². The molecule has 0 aliphatic rings. The molecule has 0 aliphatic carbocycles. The Morgan fingerprint density at radius 2 is 1.91 bits per heavy atom. The summed E-state index contributed by atoms with van der Waals surface area (Å²) >= 11 is 0.